The topological polar surface area (TPSA) is 91.6 Å². The van der Waals surface area contributed by atoms with Crippen LogP contribution in [0.15, 0.2) is 52.4 Å². The summed E-state index contributed by atoms with van der Waals surface area (Å²) in [5, 5.41) is 8.92. The third-order valence-corrected chi connectivity index (χ3v) is 6.05. The van der Waals surface area contributed by atoms with Crippen LogP contribution >= 0.6 is 11.3 Å². The highest BCUT2D eigenvalue weighted by atomic mass is 32.1. The molecule has 1 saturated heterocycles. The number of thiophene rings is 1. The molecule has 1 atom stereocenters. The van der Waals surface area contributed by atoms with E-state index < -0.39 is 0 Å². The third kappa shape index (κ3) is 5.56. The van der Waals surface area contributed by atoms with Crippen molar-refractivity contribution in [1.29, 1.82) is 0 Å². The lowest BCUT2D eigenvalue weighted by molar-refractivity contribution is -0.133. The zero-order valence-corrected chi connectivity index (χ0v) is 18.2. The molecule has 0 spiro atoms. The first kappa shape index (κ1) is 21.2. The van der Waals surface area contributed by atoms with E-state index in [1.807, 2.05) is 47.5 Å². The van der Waals surface area contributed by atoms with Gasteiger partial charge >= 0.3 is 0 Å². The van der Waals surface area contributed by atoms with Crippen molar-refractivity contribution >= 4 is 23.2 Å². The molecular weight excluding hydrogens is 414 g/mol. The van der Waals surface area contributed by atoms with Gasteiger partial charge in [0.1, 0.15) is 0 Å². The van der Waals surface area contributed by atoms with Crippen LogP contribution in [0.25, 0.3) is 10.7 Å². The Balaban J connectivity index is 1.21. The van der Waals surface area contributed by atoms with Crippen LogP contribution < -0.4 is 5.32 Å². The van der Waals surface area contributed by atoms with Gasteiger partial charge in [-0.05, 0) is 30.5 Å². The van der Waals surface area contributed by atoms with E-state index in [9.17, 15) is 9.59 Å². The van der Waals surface area contributed by atoms with Gasteiger partial charge in [-0.3, -0.25) is 14.5 Å². The second-order valence-corrected chi connectivity index (χ2v) is 8.54. The molecule has 0 bridgehead atoms. The first-order valence-electron chi connectivity index (χ1n) is 10.3. The minimum absolute atomic E-state index is 0.0540. The largest absolute Gasteiger partial charge is 0.349 e. The van der Waals surface area contributed by atoms with E-state index in [0.29, 0.717) is 36.9 Å². The molecule has 1 unspecified atom stereocenters. The number of hydrogen-bond donors (Lipinski definition) is 1. The van der Waals surface area contributed by atoms with Gasteiger partial charge in [0.25, 0.3) is 5.91 Å². The summed E-state index contributed by atoms with van der Waals surface area (Å²) < 4.78 is 5.37. The number of rotatable bonds is 7. The number of carbonyl (C=O) groups excluding carboxylic acids is 2. The summed E-state index contributed by atoms with van der Waals surface area (Å²) in [7, 11) is 0. The van der Waals surface area contributed by atoms with E-state index >= 15 is 0 Å². The highest BCUT2D eigenvalue weighted by molar-refractivity contribution is 7.13. The Hall–Kier alpha value is -3.04. The number of aromatic nitrogens is 2. The van der Waals surface area contributed by atoms with Crippen molar-refractivity contribution in [3.63, 3.8) is 0 Å². The van der Waals surface area contributed by atoms with Gasteiger partial charge in [-0.15, -0.1) is 11.3 Å². The zero-order valence-electron chi connectivity index (χ0n) is 17.4. The van der Waals surface area contributed by atoms with E-state index in [1.165, 1.54) is 0 Å². The molecular formula is C22H25N5O3S. The highest BCUT2D eigenvalue weighted by Gasteiger charge is 2.24. The maximum Gasteiger partial charge on any atom is 0.251 e. The fourth-order valence-electron chi connectivity index (χ4n) is 3.51. The van der Waals surface area contributed by atoms with Crippen molar-refractivity contribution in [2.24, 2.45) is 0 Å². The number of benzene rings is 1. The monoisotopic (exact) mass is 439 g/mol. The number of nitrogens with one attached hydrogen (secondary N) is 1. The van der Waals surface area contributed by atoms with Gasteiger partial charge in [-0.25, -0.2) is 0 Å². The number of piperazine rings is 1. The molecule has 9 heteroatoms. The Labute approximate surface area is 184 Å². The first-order valence-corrected chi connectivity index (χ1v) is 11.2. The minimum atomic E-state index is -0.229. The Bertz CT molecular complexity index is 997. The standard InChI is InChI=1S/C22H25N5O3S/c1-16(23-22(29)17-6-3-2-4-7-17)14-20(28)27-11-9-26(10-12-27)15-19-24-21(25-30-19)18-8-5-13-31-18/h2-8,13,16H,9-12,14-15H2,1H3,(H,23,29). The fourth-order valence-corrected chi connectivity index (χ4v) is 4.16. The average Bonchev–Trinajstić information content (AvgIpc) is 3.47. The van der Waals surface area contributed by atoms with Crippen LogP contribution in [-0.4, -0.2) is 64.0 Å². The van der Waals surface area contributed by atoms with Crippen LogP contribution in [0.1, 0.15) is 29.6 Å². The number of amides is 2. The van der Waals surface area contributed by atoms with Crippen molar-refractivity contribution < 1.29 is 14.1 Å². The summed E-state index contributed by atoms with van der Waals surface area (Å²) in [5.74, 6) is 1.09. The molecule has 1 aromatic carbocycles. The quantitative estimate of drug-likeness (QED) is 0.609. The van der Waals surface area contributed by atoms with E-state index in [4.69, 9.17) is 4.52 Å². The molecule has 3 aromatic rings. The highest BCUT2D eigenvalue weighted by Crippen LogP contribution is 2.21. The second-order valence-electron chi connectivity index (χ2n) is 7.59. The Kier molecular flexibility index (Phi) is 6.73. The SMILES string of the molecule is CC(CC(=O)N1CCN(Cc2nc(-c3cccs3)no2)CC1)NC(=O)c1ccccc1. The van der Waals surface area contributed by atoms with Crippen molar-refractivity contribution in [3.05, 3.63) is 59.3 Å². The van der Waals surface area contributed by atoms with Crippen LogP contribution in [-0.2, 0) is 11.3 Å². The number of hydrogen-bond acceptors (Lipinski definition) is 7. The van der Waals surface area contributed by atoms with Gasteiger partial charge in [-0.1, -0.05) is 29.4 Å². The fraction of sp³-hybridized carbons (Fsp3) is 0.364. The molecule has 1 aliphatic heterocycles. The molecule has 162 valence electrons. The average molecular weight is 440 g/mol. The summed E-state index contributed by atoms with van der Waals surface area (Å²) in [5.41, 5.74) is 0.596. The lowest BCUT2D eigenvalue weighted by atomic mass is 10.1. The zero-order chi connectivity index (χ0) is 21.6. The normalized spacial score (nSPS) is 15.6. The Morgan fingerprint density at radius 1 is 1.13 bits per heavy atom. The summed E-state index contributed by atoms with van der Waals surface area (Å²) in [6, 6.07) is 12.7. The third-order valence-electron chi connectivity index (χ3n) is 5.19. The summed E-state index contributed by atoms with van der Waals surface area (Å²) in [6.45, 7) is 5.20. The van der Waals surface area contributed by atoms with Crippen LogP contribution in [0, 0.1) is 0 Å². The van der Waals surface area contributed by atoms with Gasteiger partial charge in [0.05, 0.1) is 11.4 Å². The number of nitrogens with zero attached hydrogens (tertiary/aromatic N) is 4. The van der Waals surface area contributed by atoms with Gasteiger partial charge in [0.2, 0.25) is 17.6 Å². The molecule has 2 aromatic heterocycles. The molecule has 3 heterocycles. The van der Waals surface area contributed by atoms with Crippen molar-refractivity contribution in [3.8, 4) is 10.7 Å². The molecule has 31 heavy (non-hydrogen) atoms. The maximum atomic E-state index is 12.6. The Morgan fingerprint density at radius 2 is 1.90 bits per heavy atom. The molecule has 0 aliphatic carbocycles. The van der Waals surface area contributed by atoms with Crippen molar-refractivity contribution in [2.45, 2.75) is 25.9 Å². The van der Waals surface area contributed by atoms with Crippen LogP contribution in [0.3, 0.4) is 0 Å². The van der Waals surface area contributed by atoms with E-state index in [0.717, 1.165) is 18.0 Å². The summed E-state index contributed by atoms with van der Waals surface area (Å²) in [4.78, 5) is 34.4. The van der Waals surface area contributed by atoms with E-state index in [2.05, 4.69) is 20.4 Å². The van der Waals surface area contributed by atoms with E-state index in [-0.39, 0.29) is 24.3 Å². The number of carbonyl (C=O) groups is 2. The van der Waals surface area contributed by atoms with Gasteiger partial charge in [0, 0.05) is 44.2 Å². The van der Waals surface area contributed by atoms with Crippen LogP contribution in [0.4, 0.5) is 0 Å². The lowest BCUT2D eigenvalue weighted by Gasteiger charge is -2.34. The summed E-state index contributed by atoms with van der Waals surface area (Å²) >= 11 is 1.58. The molecule has 1 fully saturated rings. The second kappa shape index (κ2) is 9.84. The molecule has 1 aliphatic rings. The van der Waals surface area contributed by atoms with Crippen LogP contribution in [0.2, 0.25) is 0 Å². The van der Waals surface area contributed by atoms with Gasteiger partial charge in [0.15, 0.2) is 0 Å². The predicted molar refractivity (Wildman–Crippen MR) is 117 cm³/mol. The maximum absolute atomic E-state index is 12.6. The van der Waals surface area contributed by atoms with Crippen LogP contribution in [0.5, 0.6) is 0 Å². The summed E-state index contributed by atoms with van der Waals surface area (Å²) in [6.07, 6.45) is 0.284. The molecule has 1 N–H and O–H groups in total. The lowest BCUT2D eigenvalue weighted by Crippen LogP contribution is -2.49. The first-order chi connectivity index (χ1) is 15.1. The molecule has 2 amide bonds. The predicted octanol–water partition coefficient (Wildman–Crippen LogP) is 2.65. The molecule has 0 saturated carbocycles. The van der Waals surface area contributed by atoms with Crippen molar-refractivity contribution in [2.75, 3.05) is 26.2 Å². The molecule has 0 radical (unpaired) electrons. The Morgan fingerprint density at radius 3 is 2.61 bits per heavy atom. The minimum Gasteiger partial charge on any atom is -0.349 e. The van der Waals surface area contributed by atoms with Crippen molar-refractivity contribution in [1.82, 2.24) is 25.3 Å². The smallest absolute Gasteiger partial charge is 0.251 e. The van der Waals surface area contributed by atoms with Gasteiger partial charge < -0.3 is 14.7 Å². The van der Waals surface area contributed by atoms with E-state index in [1.54, 1.807) is 23.5 Å². The van der Waals surface area contributed by atoms with Gasteiger partial charge in [-0.2, -0.15) is 4.98 Å². The molecule has 8 nitrogen and oxygen atoms in total. The molecule has 4 rings (SSSR count).